The number of thiazole rings is 1. The van der Waals surface area contributed by atoms with E-state index in [1.807, 2.05) is 30.3 Å². The third-order valence-electron chi connectivity index (χ3n) is 4.30. The average Bonchev–Trinajstić information content (AvgIpc) is 3.52. The van der Waals surface area contributed by atoms with Crippen molar-refractivity contribution in [2.45, 2.75) is 24.4 Å². The molecule has 1 aromatic carbocycles. The standard InChI is InChI=1S/C19H16N4O3S2/c1-2-23-17(15-4-3-7-24-15)21-22-19(23)28-10-13-9-27-18(20-13)12-5-6-14-16(8-12)26-11-25-14/h3-9H,2,10-11H2,1H3. The van der Waals surface area contributed by atoms with Crippen LogP contribution in [0.2, 0.25) is 0 Å². The Morgan fingerprint density at radius 2 is 2.11 bits per heavy atom. The molecular weight excluding hydrogens is 396 g/mol. The average molecular weight is 412 g/mol. The maximum atomic E-state index is 5.46. The summed E-state index contributed by atoms with van der Waals surface area (Å²) in [5.74, 6) is 3.74. The molecule has 4 aromatic rings. The van der Waals surface area contributed by atoms with Crippen LogP contribution in [0.4, 0.5) is 0 Å². The Balaban J connectivity index is 1.32. The van der Waals surface area contributed by atoms with Gasteiger partial charge in [-0.1, -0.05) is 11.8 Å². The molecule has 0 aliphatic carbocycles. The van der Waals surface area contributed by atoms with Crippen LogP contribution in [0.5, 0.6) is 11.5 Å². The van der Waals surface area contributed by atoms with Gasteiger partial charge in [0.25, 0.3) is 0 Å². The Labute approximate surface area is 169 Å². The largest absolute Gasteiger partial charge is 0.461 e. The zero-order chi connectivity index (χ0) is 18.9. The van der Waals surface area contributed by atoms with Crippen LogP contribution < -0.4 is 9.47 Å². The predicted molar refractivity (Wildman–Crippen MR) is 107 cm³/mol. The molecule has 0 radical (unpaired) electrons. The second-order valence-corrected chi connectivity index (χ2v) is 7.83. The van der Waals surface area contributed by atoms with Gasteiger partial charge in [0.2, 0.25) is 6.79 Å². The minimum atomic E-state index is 0.274. The number of thioether (sulfide) groups is 1. The molecule has 9 heteroatoms. The highest BCUT2D eigenvalue weighted by molar-refractivity contribution is 7.98. The third-order valence-corrected chi connectivity index (χ3v) is 6.24. The van der Waals surface area contributed by atoms with Crippen LogP contribution in [0.3, 0.4) is 0 Å². The third kappa shape index (κ3) is 3.16. The highest BCUT2D eigenvalue weighted by atomic mass is 32.2. The Kier molecular flexibility index (Phi) is 4.53. The van der Waals surface area contributed by atoms with Crippen molar-refractivity contribution < 1.29 is 13.9 Å². The molecule has 4 heterocycles. The van der Waals surface area contributed by atoms with Crippen LogP contribution in [0.1, 0.15) is 12.6 Å². The summed E-state index contributed by atoms with van der Waals surface area (Å²) in [5, 5.41) is 12.5. The monoisotopic (exact) mass is 412 g/mol. The van der Waals surface area contributed by atoms with Gasteiger partial charge in [-0.05, 0) is 37.3 Å². The second-order valence-electron chi connectivity index (χ2n) is 6.03. The number of hydrogen-bond acceptors (Lipinski definition) is 8. The lowest BCUT2D eigenvalue weighted by atomic mass is 10.2. The van der Waals surface area contributed by atoms with Crippen molar-refractivity contribution in [2.24, 2.45) is 0 Å². The fraction of sp³-hybridized carbons (Fsp3) is 0.211. The van der Waals surface area contributed by atoms with Crippen LogP contribution in [0, 0.1) is 0 Å². The van der Waals surface area contributed by atoms with Gasteiger partial charge in [-0.3, -0.25) is 4.57 Å². The summed E-state index contributed by atoms with van der Waals surface area (Å²) in [7, 11) is 0. The van der Waals surface area contributed by atoms with Crippen molar-refractivity contribution in [1.82, 2.24) is 19.7 Å². The topological polar surface area (TPSA) is 75.2 Å². The molecule has 0 amide bonds. The van der Waals surface area contributed by atoms with E-state index in [9.17, 15) is 0 Å². The van der Waals surface area contributed by atoms with Crippen molar-refractivity contribution in [3.63, 3.8) is 0 Å². The second kappa shape index (κ2) is 7.33. The molecular formula is C19H16N4O3S2. The van der Waals surface area contributed by atoms with Crippen LogP contribution in [-0.2, 0) is 12.3 Å². The van der Waals surface area contributed by atoms with E-state index in [0.717, 1.165) is 56.8 Å². The summed E-state index contributed by atoms with van der Waals surface area (Å²) in [6, 6.07) is 9.65. The summed E-state index contributed by atoms with van der Waals surface area (Å²) in [6.07, 6.45) is 1.64. The lowest BCUT2D eigenvalue weighted by molar-refractivity contribution is 0.174. The van der Waals surface area contributed by atoms with Crippen LogP contribution in [0.25, 0.3) is 22.2 Å². The number of benzene rings is 1. The Morgan fingerprint density at radius 1 is 1.18 bits per heavy atom. The number of hydrogen-bond donors (Lipinski definition) is 0. The molecule has 1 aliphatic rings. The van der Waals surface area contributed by atoms with Gasteiger partial charge in [-0.15, -0.1) is 21.5 Å². The van der Waals surface area contributed by atoms with E-state index in [1.165, 1.54) is 0 Å². The van der Waals surface area contributed by atoms with Gasteiger partial charge in [0, 0.05) is 23.2 Å². The van der Waals surface area contributed by atoms with E-state index in [0.29, 0.717) is 0 Å². The Hall–Kier alpha value is -2.78. The lowest BCUT2D eigenvalue weighted by Crippen LogP contribution is -1.99. The quantitative estimate of drug-likeness (QED) is 0.425. The number of aromatic nitrogens is 4. The van der Waals surface area contributed by atoms with Crippen molar-refractivity contribution in [3.8, 4) is 33.7 Å². The smallest absolute Gasteiger partial charge is 0.231 e. The zero-order valence-electron chi connectivity index (χ0n) is 15.0. The summed E-state index contributed by atoms with van der Waals surface area (Å²) in [5.41, 5.74) is 2.04. The van der Waals surface area contributed by atoms with Gasteiger partial charge in [0.05, 0.1) is 12.0 Å². The first-order valence-corrected chi connectivity index (χ1v) is 10.6. The van der Waals surface area contributed by atoms with E-state index in [1.54, 1.807) is 29.4 Å². The van der Waals surface area contributed by atoms with Crippen molar-refractivity contribution in [2.75, 3.05) is 6.79 Å². The van der Waals surface area contributed by atoms with Gasteiger partial charge < -0.3 is 13.9 Å². The number of furan rings is 1. The van der Waals surface area contributed by atoms with Crippen molar-refractivity contribution in [3.05, 3.63) is 47.7 Å². The van der Waals surface area contributed by atoms with Gasteiger partial charge in [0.1, 0.15) is 5.01 Å². The maximum Gasteiger partial charge on any atom is 0.231 e. The molecule has 7 nitrogen and oxygen atoms in total. The summed E-state index contributed by atoms with van der Waals surface area (Å²) in [4.78, 5) is 4.76. The fourth-order valence-electron chi connectivity index (χ4n) is 2.94. The summed E-state index contributed by atoms with van der Waals surface area (Å²) >= 11 is 3.24. The molecule has 1 aliphatic heterocycles. The van der Waals surface area contributed by atoms with Gasteiger partial charge in [-0.2, -0.15) is 0 Å². The van der Waals surface area contributed by atoms with Crippen molar-refractivity contribution in [1.29, 1.82) is 0 Å². The maximum absolute atomic E-state index is 5.46. The number of ether oxygens (including phenoxy) is 2. The number of nitrogens with zero attached hydrogens (tertiary/aromatic N) is 4. The molecule has 0 N–H and O–H groups in total. The molecule has 0 fully saturated rings. The molecule has 0 spiro atoms. The molecule has 0 unspecified atom stereocenters. The van der Waals surface area contributed by atoms with Gasteiger partial charge >= 0.3 is 0 Å². The normalized spacial score (nSPS) is 12.6. The van der Waals surface area contributed by atoms with E-state index >= 15 is 0 Å². The zero-order valence-corrected chi connectivity index (χ0v) is 16.6. The predicted octanol–water partition coefficient (Wildman–Crippen LogP) is 4.70. The van der Waals surface area contributed by atoms with Crippen molar-refractivity contribution >= 4 is 23.1 Å². The van der Waals surface area contributed by atoms with Crippen LogP contribution in [-0.4, -0.2) is 26.5 Å². The van der Waals surface area contributed by atoms with Crippen LogP contribution >= 0.6 is 23.1 Å². The highest BCUT2D eigenvalue weighted by Gasteiger charge is 2.17. The first kappa shape index (κ1) is 17.3. The summed E-state index contributed by atoms with van der Waals surface area (Å²) < 4.78 is 18.3. The molecule has 3 aromatic heterocycles. The SMILES string of the molecule is CCn1c(SCc2csc(-c3ccc4c(c3)OCO4)n2)nnc1-c1ccco1. The highest BCUT2D eigenvalue weighted by Crippen LogP contribution is 2.37. The first-order chi connectivity index (χ1) is 13.8. The molecule has 0 saturated carbocycles. The summed E-state index contributed by atoms with van der Waals surface area (Å²) in [6.45, 7) is 3.11. The molecule has 142 valence electrons. The van der Waals surface area contributed by atoms with Crippen LogP contribution in [0.15, 0.2) is 51.5 Å². The fourth-order valence-corrected chi connectivity index (χ4v) is 4.76. The first-order valence-electron chi connectivity index (χ1n) is 8.76. The van der Waals surface area contributed by atoms with E-state index in [2.05, 4.69) is 27.1 Å². The van der Waals surface area contributed by atoms with Gasteiger partial charge in [-0.25, -0.2) is 4.98 Å². The number of rotatable bonds is 6. The lowest BCUT2D eigenvalue weighted by Gasteiger charge is -2.04. The number of fused-ring (bicyclic) bond motifs is 1. The Bertz CT molecular complexity index is 1100. The van der Waals surface area contributed by atoms with E-state index in [4.69, 9.17) is 18.9 Å². The Morgan fingerprint density at radius 3 is 2.96 bits per heavy atom. The molecule has 28 heavy (non-hydrogen) atoms. The molecule has 5 rings (SSSR count). The minimum absolute atomic E-state index is 0.274. The van der Waals surface area contributed by atoms with Gasteiger partial charge in [0.15, 0.2) is 28.2 Å². The minimum Gasteiger partial charge on any atom is -0.461 e. The molecule has 0 saturated heterocycles. The van der Waals surface area contributed by atoms with E-state index < -0.39 is 0 Å². The van der Waals surface area contributed by atoms with E-state index in [-0.39, 0.29) is 6.79 Å². The molecule has 0 bridgehead atoms. The molecule has 0 atom stereocenters.